The van der Waals surface area contributed by atoms with Crippen LogP contribution >= 0.6 is 23.4 Å². The average molecular weight is 437 g/mol. The molecule has 3 rings (SSSR count). The van der Waals surface area contributed by atoms with Crippen molar-refractivity contribution in [2.24, 2.45) is 0 Å². The van der Waals surface area contributed by atoms with Crippen LogP contribution in [0.1, 0.15) is 53.7 Å². The van der Waals surface area contributed by atoms with Gasteiger partial charge >= 0.3 is 0 Å². The zero-order valence-corrected chi connectivity index (χ0v) is 18.6. The summed E-state index contributed by atoms with van der Waals surface area (Å²) >= 11 is 8.00. The predicted octanol–water partition coefficient (Wildman–Crippen LogP) is 4.32. The number of benzene rings is 2. The highest BCUT2D eigenvalue weighted by Crippen LogP contribution is 2.47. The Morgan fingerprint density at radius 3 is 2.45 bits per heavy atom. The minimum atomic E-state index is -0.934. The summed E-state index contributed by atoms with van der Waals surface area (Å²) < 4.78 is 5.53. The van der Waals surface area contributed by atoms with Crippen molar-refractivity contribution < 1.29 is 20.1 Å². The molecule has 0 amide bonds. The highest BCUT2D eigenvalue weighted by atomic mass is 35.5. The molecular weight excluding hydrogens is 408 g/mol. The van der Waals surface area contributed by atoms with E-state index in [1.165, 1.54) is 17.3 Å². The van der Waals surface area contributed by atoms with Gasteiger partial charge < -0.3 is 20.1 Å². The summed E-state index contributed by atoms with van der Waals surface area (Å²) in [7, 11) is 1.57. The highest BCUT2D eigenvalue weighted by Gasteiger charge is 2.38. The van der Waals surface area contributed by atoms with E-state index < -0.39 is 17.5 Å². The Labute approximate surface area is 181 Å². The fourth-order valence-electron chi connectivity index (χ4n) is 3.72. The quantitative estimate of drug-likeness (QED) is 0.629. The van der Waals surface area contributed by atoms with Gasteiger partial charge in [0.15, 0.2) is 0 Å². The lowest BCUT2D eigenvalue weighted by atomic mass is 9.94. The zero-order chi connectivity index (χ0) is 21.1. The Morgan fingerprint density at radius 1 is 1.17 bits per heavy atom. The molecule has 0 spiro atoms. The molecule has 1 saturated heterocycles. The molecule has 1 aliphatic heterocycles. The first-order valence-corrected chi connectivity index (χ1v) is 11.2. The molecule has 0 bridgehead atoms. The molecule has 2 aromatic rings. The van der Waals surface area contributed by atoms with E-state index in [9.17, 15) is 15.3 Å². The van der Waals surface area contributed by atoms with Crippen molar-refractivity contribution in [3.8, 4) is 5.75 Å². The van der Waals surface area contributed by atoms with Gasteiger partial charge in [-0.05, 0) is 47.6 Å². The third-order valence-corrected chi connectivity index (χ3v) is 7.40. The van der Waals surface area contributed by atoms with Gasteiger partial charge in [-0.15, -0.1) is 11.8 Å². The predicted molar refractivity (Wildman–Crippen MR) is 119 cm³/mol. The van der Waals surface area contributed by atoms with Crippen LogP contribution in [-0.2, 0) is 6.42 Å². The second kappa shape index (κ2) is 9.71. The Morgan fingerprint density at radius 2 is 1.86 bits per heavy atom. The third-order valence-electron chi connectivity index (χ3n) is 5.50. The topological polar surface area (TPSA) is 69.9 Å². The van der Waals surface area contributed by atoms with Gasteiger partial charge in [0.05, 0.1) is 31.2 Å². The maximum absolute atomic E-state index is 10.6. The number of ether oxygens (including phenoxy) is 1. The van der Waals surface area contributed by atoms with Crippen LogP contribution in [-0.4, -0.2) is 46.5 Å². The van der Waals surface area contributed by atoms with Crippen LogP contribution in [0.15, 0.2) is 36.4 Å². The van der Waals surface area contributed by atoms with Crippen LogP contribution in [0.4, 0.5) is 0 Å². The lowest BCUT2D eigenvalue weighted by Gasteiger charge is -2.36. The molecule has 1 heterocycles. The largest absolute Gasteiger partial charge is 0.496 e. The van der Waals surface area contributed by atoms with Crippen LogP contribution in [0.2, 0.25) is 5.02 Å². The van der Waals surface area contributed by atoms with Crippen LogP contribution in [0.25, 0.3) is 0 Å². The molecule has 3 N–H and O–H groups in total. The van der Waals surface area contributed by atoms with Crippen molar-refractivity contribution in [2.45, 2.75) is 55.3 Å². The van der Waals surface area contributed by atoms with Gasteiger partial charge in [0.2, 0.25) is 0 Å². The second-order valence-corrected chi connectivity index (χ2v) is 9.77. The Bertz CT molecular complexity index is 824. The van der Waals surface area contributed by atoms with Gasteiger partial charge in [-0.2, -0.15) is 0 Å². The van der Waals surface area contributed by atoms with Crippen molar-refractivity contribution in [3.63, 3.8) is 0 Å². The molecule has 0 radical (unpaired) electrons. The van der Waals surface area contributed by atoms with Crippen LogP contribution in [0.5, 0.6) is 5.75 Å². The van der Waals surface area contributed by atoms with E-state index in [-0.39, 0.29) is 11.9 Å². The van der Waals surface area contributed by atoms with Gasteiger partial charge in [0.1, 0.15) is 5.75 Å². The van der Waals surface area contributed by atoms with Crippen molar-refractivity contribution in [3.05, 3.63) is 63.7 Å². The van der Waals surface area contributed by atoms with E-state index in [2.05, 4.69) is 38.1 Å². The van der Waals surface area contributed by atoms with E-state index in [1.807, 2.05) is 6.07 Å². The molecule has 158 valence electrons. The summed E-state index contributed by atoms with van der Waals surface area (Å²) in [6.45, 7) is 4.29. The summed E-state index contributed by atoms with van der Waals surface area (Å²) in [5.41, 5.74) is 4.17. The van der Waals surface area contributed by atoms with Crippen molar-refractivity contribution in [1.29, 1.82) is 0 Å². The average Bonchev–Trinajstić information content (AvgIpc) is 2.71. The number of aliphatic hydroxyl groups is 3. The first-order valence-electron chi connectivity index (χ1n) is 9.91. The molecule has 4 atom stereocenters. The maximum atomic E-state index is 10.6. The minimum absolute atomic E-state index is 0.0457. The maximum Gasteiger partial charge on any atom is 0.124 e. The number of hydrogen-bond donors (Lipinski definition) is 3. The standard InChI is InChI=1S/C23H29ClO4S/c1-13(2)15-6-4-14(5-7-15)8-16-9-18(21(28-3)11-19(16)24)23-22(27)20(26)10-17(12-25)29-23/h4-7,9,11,13,17,20,22-23,25-27H,8,10,12H2,1-3H3/t17-,20-,22+,23-/m0/s1. The lowest BCUT2D eigenvalue weighted by molar-refractivity contribution is 0.00497. The molecule has 0 saturated carbocycles. The van der Waals surface area contributed by atoms with E-state index >= 15 is 0 Å². The van der Waals surface area contributed by atoms with Crippen molar-refractivity contribution in [2.75, 3.05) is 13.7 Å². The monoisotopic (exact) mass is 436 g/mol. The molecule has 2 aromatic carbocycles. The van der Waals surface area contributed by atoms with Gasteiger partial charge in [0.25, 0.3) is 0 Å². The second-order valence-electron chi connectivity index (χ2n) is 7.91. The van der Waals surface area contributed by atoms with Crippen LogP contribution in [0, 0.1) is 0 Å². The Balaban J connectivity index is 1.93. The SMILES string of the molecule is COc1cc(Cl)c(Cc2ccc(C(C)C)cc2)cc1[C@@H]1S[C@H](CO)C[C@H](O)[C@H]1O. The number of thioether (sulfide) groups is 1. The number of hydrogen-bond acceptors (Lipinski definition) is 5. The zero-order valence-electron chi connectivity index (χ0n) is 17.0. The molecule has 6 heteroatoms. The Hall–Kier alpha value is -1.24. The van der Waals surface area contributed by atoms with Gasteiger partial charge in [0, 0.05) is 15.8 Å². The summed E-state index contributed by atoms with van der Waals surface area (Å²) in [4.78, 5) is 0. The molecule has 1 aliphatic rings. The summed E-state index contributed by atoms with van der Waals surface area (Å²) in [6.07, 6.45) is -0.792. The van der Waals surface area contributed by atoms with E-state index in [0.717, 1.165) is 16.7 Å². The van der Waals surface area contributed by atoms with Crippen LogP contribution in [0.3, 0.4) is 0 Å². The molecule has 1 fully saturated rings. The first kappa shape index (κ1) is 22.4. The molecule has 0 aliphatic carbocycles. The molecule has 0 unspecified atom stereocenters. The fraction of sp³-hybridized carbons (Fsp3) is 0.478. The summed E-state index contributed by atoms with van der Waals surface area (Å²) in [6, 6.07) is 12.3. The lowest BCUT2D eigenvalue weighted by Crippen LogP contribution is -2.39. The third kappa shape index (κ3) is 5.09. The Kier molecular flexibility index (Phi) is 7.52. The van der Waals surface area contributed by atoms with E-state index in [0.29, 0.717) is 29.5 Å². The van der Waals surface area contributed by atoms with Gasteiger partial charge in [-0.3, -0.25) is 0 Å². The van der Waals surface area contributed by atoms with Crippen molar-refractivity contribution >= 4 is 23.4 Å². The summed E-state index contributed by atoms with van der Waals surface area (Å²) in [5, 5.41) is 30.5. The summed E-state index contributed by atoms with van der Waals surface area (Å²) in [5.74, 6) is 1.06. The minimum Gasteiger partial charge on any atom is -0.496 e. The van der Waals surface area contributed by atoms with E-state index in [1.54, 1.807) is 13.2 Å². The number of halogens is 1. The molecule has 4 nitrogen and oxygen atoms in total. The molecule has 0 aromatic heterocycles. The van der Waals surface area contributed by atoms with Crippen molar-refractivity contribution in [1.82, 2.24) is 0 Å². The normalized spacial score (nSPS) is 24.7. The fourth-order valence-corrected chi connectivity index (χ4v) is 5.43. The molecule has 29 heavy (non-hydrogen) atoms. The smallest absolute Gasteiger partial charge is 0.124 e. The number of rotatable bonds is 6. The number of aliphatic hydroxyl groups excluding tert-OH is 3. The highest BCUT2D eigenvalue weighted by molar-refractivity contribution is 8.00. The first-order chi connectivity index (χ1) is 13.8. The molecular formula is C23H29ClO4S. The number of methoxy groups -OCH3 is 1. The van der Waals surface area contributed by atoms with Gasteiger partial charge in [-0.25, -0.2) is 0 Å². The van der Waals surface area contributed by atoms with E-state index in [4.69, 9.17) is 16.3 Å². The van der Waals surface area contributed by atoms with Gasteiger partial charge in [-0.1, -0.05) is 49.7 Å². The van der Waals surface area contributed by atoms with Crippen LogP contribution < -0.4 is 4.74 Å².